The van der Waals surface area contributed by atoms with E-state index >= 15 is 0 Å². The first-order valence-electron chi connectivity index (χ1n) is 30.8. The number of nitrogens with one attached hydrogen (secondary N) is 5. The molecule has 1 aliphatic carbocycles. The van der Waals surface area contributed by atoms with Gasteiger partial charge in [-0.3, -0.25) is 24.0 Å². The Labute approximate surface area is 538 Å². The number of aliphatic hydroxyl groups is 1. The van der Waals surface area contributed by atoms with E-state index in [0.717, 1.165) is 91.6 Å². The monoisotopic (exact) mass is 1300 g/mol. The summed E-state index contributed by atoms with van der Waals surface area (Å²) in [4.78, 5) is 109. The minimum absolute atomic E-state index is 0.00640. The van der Waals surface area contributed by atoms with Crippen LogP contribution in [0.5, 0.6) is 5.75 Å². The fourth-order valence-corrected chi connectivity index (χ4v) is 13.0. The van der Waals surface area contributed by atoms with Crippen LogP contribution in [0, 0.1) is 23.7 Å². The van der Waals surface area contributed by atoms with Crippen LogP contribution in [0.1, 0.15) is 134 Å². The zero-order valence-electron chi connectivity index (χ0n) is 52.5. The highest BCUT2D eigenvalue weighted by Gasteiger charge is 2.53. The van der Waals surface area contributed by atoms with E-state index < -0.39 is 58.7 Å². The summed E-state index contributed by atoms with van der Waals surface area (Å²) >= 11 is 9.69. The number of hydrogen-bond donors (Lipinski definition) is 6. The highest BCUT2D eigenvalue weighted by Crippen LogP contribution is 2.41. The average molecular weight is 1300 g/mol. The van der Waals surface area contributed by atoms with Gasteiger partial charge in [-0.1, -0.05) is 69.3 Å². The van der Waals surface area contributed by atoms with Crippen LogP contribution in [-0.4, -0.2) is 152 Å². The minimum Gasteiger partial charge on any atom is -0.491 e. The number of hydrogen-bond acceptors (Lipinski definition) is 18. The Kier molecular flexibility index (Phi) is 21.6. The Balaban J connectivity index is 0.687. The molecule has 22 nitrogen and oxygen atoms in total. The lowest BCUT2D eigenvalue weighted by molar-refractivity contribution is -0.145. The maximum atomic E-state index is 14.7. The third-order valence-electron chi connectivity index (χ3n) is 16.8. The van der Waals surface area contributed by atoms with E-state index in [0.29, 0.717) is 51.9 Å². The summed E-state index contributed by atoms with van der Waals surface area (Å²) in [6.45, 7) is 18.5. The fraction of sp³-hybridized carbons (Fsp3) is 0.547. The molecular weight excluding hydrogens is 1210 g/mol. The molecule has 4 fully saturated rings. The van der Waals surface area contributed by atoms with Crippen LogP contribution in [0.3, 0.4) is 0 Å². The quantitative estimate of drug-likeness (QED) is 0.0333. The zero-order valence-corrected chi connectivity index (χ0v) is 54.8. The topological polar surface area (TPSA) is 275 Å². The maximum Gasteiger partial charge on any atom is 0.407 e. The number of benzene rings is 2. The standard InChI is InChI=1S/C64H83ClFN13O9S2/c1-39-53(89-38-74-39)41-15-16-42(31-70-56(83)46-30-44(80)36-79(46)57(84)54(61(2,3)4)76-58(85)64(66)19-20-64)47(29-41)87-28-23-67-55(82)43-32-71-59(72-33-43)78-24-17-40(18-25-78)11-9-14-50(81)75-45-12-10-13-48(52(45)65)90-51-35-68-49(34-69-51)77-26-21-63(8,22-27-77)37-73-60(86)88-62(5,6)7/h10,12-13,15-16,29,32-35,38,40,44,46,54,80H,9,11,14,17-28,30-31,36-37H2,1-8H3,(H,67,82)(H,70,83)(H,73,86)(H,75,81)(H,76,85)/t44-,46+,54-/m1/s1. The molecule has 0 spiro atoms. The molecule has 484 valence electrons. The molecule has 3 saturated heterocycles. The Bertz CT molecular complexity index is 3360. The number of ether oxygens (including phenoxy) is 2. The number of piperidine rings is 2. The Morgan fingerprint density at radius 1 is 0.889 bits per heavy atom. The van der Waals surface area contributed by atoms with Gasteiger partial charge in [0.2, 0.25) is 23.7 Å². The summed E-state index contributed by atoms with van der Waals surface area (Å²) in [5, 5.41) is 26.1. The van der Waals surface area contributed by atoms with Crippen LogP contribution in [0.15, 0.2) is 76.6 Å². The van der Waals surface area contributed by atoms with Crippen molar-refractivity contribution in [2.75, 3.05) is 67.5 Å². The Hall–Kier alpha value is -7.22. The first-order chi connectivity index (χ1) is 42.7. The number of aromatic nitrogens is 5. The van der Waals surface area contributed by atoms with Gasteiger partial charge in [-0.15, -0.1) is 11.3 Å². The second-order valence-electron chi connectivity index (χ2n) is 26.3. The molecule has 3 aromatic heterocycles. The lowest BCUT2D eigenvalue weighted by Gasteiger charge is -2.40. The summed E-state index contributed by atoms with van der Waals surface area (Å²) in [7, 11) is 0. The third kappa shape index (κ3) is 17.8. The number of carbonyl (C=O) groups is 6. The normalized spacial score (nSPS) is 18.5. The van der Waals surface area contributed by atoms with Crippen molar-refractivity contribution >= 4 is 87.8 Å². The first kappa shape index (κ1) is 67.2. The zero-order chi connectivity index (χ0) is 64.5. The Morgan fingerprint density at radius 3 is 2.28 bits per heavy atom. The fourth-order valence-electron chi connectivity index (χ4n) is 11.2. The second-order valence-corrected chi connectivity index (χ2v) is 28.6. The molecule has 26 heteroatoms. The van der Waals surface area contributed by atoms with Crippen LogP contribution >= 0.6 is 34.7 Å². The molecule has 6 amide bonds. The van der Waals surface area contributed by atoms with Crippen LogP contribution in [0.4, 0.5) is 26.6 Å². The second kappa shape index (κ2) is 28.9. The number of nitrogens with zero attached hydrogens (tertiary/aromatic N) is 8. The summed E-state index contributed by atoms with van der Waals surface area (Å²) < 4.78 is 26.4. The molecule has 5 aromatic rings. The number of aryl methyl sites for hydroxylation is 1. The molecule has 0 bridgehead atoms. The van der Waals surface area contributed by atoms with E-state index in [2.05, 4.69) is 63.2 Å². The highest BCUT2D eigenvalue weighted by atomic mass is 35.5. The first-order valence-corrected chi connectivity index (χ1v) is 32.9. The molecule has 4 aliphatic rings. The molecule has 3 aliphatic heterocycles. The smallest absolute Gasteiger partial charge is 0.407 e. The van der Waals surface area contributed by atoms with Crippen LogP contribution in [0.25, 0.3) is 10.4 Å². The molecule has 6 N–H and O–H groups in total. The molecular formula is C64H83ClFN13O9S2. The predicted octanol–water partition coefficient (Wildman–Crippen LogP) is 9.08. The van der Waals surface area contributed by atoms with Crippen molar-refractivity contribution in [3.8, 4) is 16.2 Å². The van der Waals surface area contributed by atoms with Crippen molar-refractivity contribution in [3.63, 3.8) is 0 Å². The van der Waals surface area contributed by atoms with Gasteiger partial charge in [0.1, 0.15) is 40.9 Å². The third-order valence-corrected chi connectivity index (χ3v) is 19.2. The minimum atomic E-state index is -2.00. The van der Waals surface area contributed by atoms with Crippen LogP contribution < -0.4 is 41.1 Å². The molecule has 0 unspecified atom stereocenters. The van der Waals surface area contributed by atoms with Crippen LogP contribution in [-0.2, 0) is 30.5 Å². The molecule has 0 radical (unpaired) electrons. The van der Waals surface area contributed by atoms with Crippen molar-refractivity contribution in [3.05, 3.63) is 88.5 Å². The number of carbonyl (C=O) groups excluding carboxylic acids is 6. The van der Waals surface area contributed by atoms with Crippen molar-refractivity contribution in [1.29, 1.82) is 0 Å². The molecule has 3 atom stereocenters. The Morgan fingerprint density at radius 2 is 1.62 bits per heavy atom. The van der Waals surface area contributed by atoms with Gasteiger partial charge >= 0.3 is 6.09 Å². The number of alkyl carbamates (subject to hydrolysis) is 1. The van der Waals surface area contributed by atoms with Gasteiger partial charge in [0.25, 0.3) is 11.8 Å². The summed E-state index contributed by atoms with van der Waals surface area (Å²) in [5.41, 5.74) is 1.46. The molecule has 1 saturated carbocycles. The number of alkyl halides is 1. The summed E-state index contributed by atoms with van der Waals surface area (Å²) in [6, 6.07) is 8.93. The van der Waals surface area contributed by atoms with Gasteiger partial charge < -0.3 is 55.9 Å². The van der Waals surface area contributed by atoms with E-state index in [-0.39, 0.29) is 68.3 Å². The molecule has 6 heterocycles. The number of anilines is 3. The van der Waals surface area contributed by atoms with E-state index in [1.54, 1.807) is 44.7 Å². The predicted molar refractivity (Wildman–Crippen MR) is 343 cm³/mol. The lowest BCUT2D eigenvalue weighted by atomic mass is 9.80. The SMILES string of the molecule is Cc1ncsc1-c1ccc(CNC(=O)[C@@H]2C[C@@H](O)CN2C(=O)[C@@H](NC(=O)C2(F)CC2)C(C)(C)C)c(OCCNC(=O)c2cnc(N3CCC(CCCC(=O)Nc4cccc(Sc5cnc(N6CCC(C)(CNC(=O)OC(C)(C)C)CC6)cn5)c4Cl)CC3)nc2)c1. The number of rotatable bonds is 23. The molecule has 90 heavy (non-hydrogen) atoms. The average Bonchev–Trinajstić information content (AvgIpc) is 1.63. The van der Waals surface area contributed by atoms with Crippen LogP contribution in [0.2, 0.25) is 5.02 Å². The number of halogens is 2. The number of amides is 6. The van der Waals surface area contributed by atoms with E-state index in [9.17, 15) is 38.3 Å². The molecule has 9 rings (SSSR count). The van der Waals surface area contributed by atoms with Crippen molar-refractivity contribution in [2.24, 2.45) is 16.7 Å². The number of aliphatic hydroxyl groups excluding tert-OH is 1. The van der Waals surface area contributed by atoms with Gasteiger partial charge in [0.05, 0.1) is 57.4 Å². The number of thiazole rings is 1. The maximum absolute atomic E-state index is 14.7. The van der Waals surface area contributed by atoms with Crippen molar-refractivity contribution < 1.29 is 47.7 Å². The molecule has 2 aromatic carbocycles. The van der Waals surface area contributed by atoms with Crippen molar-refractivity contribution in [2.45, 2.75) is 166 Å². The largest absolute Gasteiger partial charge is 0.491 e. The highest BCUT2D eigenvalue weighted by molar-refractivity contribution is 7.99. The van der Waals surface area contributed by atoms with Gasteiger partial charge in [-0.05, 0) is 120 Å². The summed E-state index contributed by atoms with van der Waals surface area (Å²) in [6.07, 6.45) is 10.8. The summed E-state index contributed by atoms with van der Waals surface area (Å²) in [5.74, 6) is -0.235. The number of β-amino-alcohol motifs (C(OH)–C–C–N with tert-alkyl or cyclic N) is 1. The van der Waals surface area contributed by atoms with E-state index in [1.807, 2.05) is 58.0 Å². The van der Waals surface area contributed by atoms with Gasteiger partial charge in [0, 0.05) is 81.5 Å². The van der Waals surface area contributed by atoms with Crippen molar-refractivity contribution in [1.82, 2.24) is 51.1 Å². The van der Waals surface area contributed by atoms with E-state index in [1.165, 1.54) is 40.4 Å². The van der Waals surface area contributed by atoms with E-state index in [4.69, 9.17) is 26.1 Å². The number of likely N-dealkylation sites (tertiary alicyclic amines) is 1. The van der Waals surface area contributed by atoms with Gasteiger partial charge in [0.15, 0.2) is 5.67 Å². The van der Waals surface area contributed by atoms with Gasteiger partial charge in [-0.2, -0.15) is 0 Å². The lowest BCUT2D eigenvalue weighted by Crippen LogP contribution is -2.59. The van der Waals surface area contributed by atoms with Gasteiger partial charge in [-0.25, -0.2) is 34.1 Å².